The highest BCUT2D eigenvalue weighted by atomic mass is 15.1. The van der Waals surface area contributed by atoms with Crippen molar-refractivity contribution in [2.24, 2.45) is 0 Å². The minimum Gasteiger partial charge on any atom is -0.332 e. The average molecular weight is 419 g/mol. The Morgan fingerprint density at radius 3 is 1.67 bits per heavy atom. The van der Waals surface area contributed by atoms with Gasteiger partial charge in [0.2, 0.25) is 0 Å². The van der Waals surface area contributed by atoms with Gasteiger partial charge >= 0.3 is 0 Å². The van der Waals surface area contributed by atoms with E-state index in [0.29, 0.717) is 12.0 Å². The van der Waals surface area contributed by atoms with Crippen molar-refractivity contribution < 1.29 is 0 Å². The third-order valence-electron chi connectivity index (χ3n) is 6.91. The van der Waals surface area contributed by atoms with Crippen LogP contribution in [0.4, 0.5) is 0 Å². The zero-order valence-electron chi connectivity index (χ0n) is 21.1. The molecule has 0 fully saturated rings. The van der Waals surface area contributed by atoms with E-state index >= 15 is 0 Å². The molecule has 2 atom stereocenters. The maximum atomic E-state index is 4.74. The van der Waals surface area contributed by atoms with Crippen LogP contribution in [0, 0.1) is 0 Å². The molecule has 0 aromatic carbocycles. The fourth-order valence-electron chi connectivity index (χ4n) is 4.75. The number of imidazole rings is 1. The normalized spacial score (nSPS) is 13.6. The van der Waals surface area contributed by atoms with Crippen molar-refractivity contribution in [2.75, 3.05) is 0 Å². The Labute approximate surface area is 189 Å². The van der Waals surface area contributed by atoms with Gasteiger partial charge in [0.05, 0.1) is 0 Å². The highest BCUT2D eigenvalue weighted by Crippen LogP contribution is 2.28. The molecular formula is C28H54N2. The van der Waals surface area contributed by atoms with Gasteiger partial charge in [0.15, 0.2) is 0 Å². The van der Waals surface area contributed by atoms with Gasteiger partial charge in [-0.1, -0.05) is 124 Å². The Kier molecular flexibility index (Phi) is 17.2. The van der Waals surface area contributed by atoms with Crippen LogP contribution in [0.2, 0.25) is 0 Å². The predicted molar refractivity (Wildman–Crippen MR) is 134 cm³/mol. The van der Waals surface area contributed by atoms with E-state index in [2.05, 4.69) is 38.5 Å². The lowest BCUT2D eigenvalue weighted by Gasteiger charge is -2.21. The summed E-state index contributed by atoms with van der Waals surface area (Å²) in [5, 5.41) is 0. The molecule has 2 unspecified atom stereocenters. The van der Waals surface area contributed by atoms with Crippen molar-refractivity contribution in [3.8, 4) is 0 Å². The average Bonchev–Trinajstić information content (AvgIpc) is 3.24. The van der Waals surface area contributed by atoms with E-state index in [1.54, 1.807) is 0 Å². The molecule has 1 aromatic rings. The molecule has 0 saturated heterocycles. The van der Waals surface area contributed by atoms with E-state index < -0.39 is 0 Å². The molecule has 176 valence electrons. The lowest BCUT2D eigenvalue weighted by molar-refractivity contribution is 0.428. The molecule has 2 heteroatoms. The van der Waals surface area contributed by atoms with Gasteiger partial charge in [-0.25, -0.2) is 4.98 Å². The quantitative estimate of drug-likeness (QED) is 0.182. The van der Waals surface area contributed by atoms with Crippen molar-refractivity contribution in [3.63, 3.8) is 0 Å². The number of rotatable bonds is 21. The van der Waals surface area contributed by atoms with E-state index in [1.807, 2.05) is 6.20 Å². The van der Waals surface area contributed by atoms with Crippen LogP contribution >= 0.6 is 0 Å². The topological polar surface area (TPSA) is 17.8 Å². The van der Waals surface area contributed by atoms with Crippen LogP contribution in [0.15, 0.2) is 12.4 Å². The fourth-order valence-corrected chi connectivity index (χ4v) is 4.75. The van der Waals surface area contributed by atoms with Crippen LogP contribution in [-0.2, 0) is 0 Å². The summed E-state index contributed by atoms with van der Waals surface area (Å²) in [5.41, 5.74) is 0. The standard InChI is InChI=1S/C28H54N2/c1-5-8-10-11-12-13-14-15-16-17-18-19-20-21-22-26(4)30-25-24-29-28(30)27(7-3)23-9-6-2/h24-27H,5-23H2,1-4H3. The van der Waals surface area contributed by atoms with Crippen LogP contribution in [0.25, 0.3) is 0 Å². The van der Waals surface area contributed by atoms with E-state index in [-0.39, 0.29) is 0 Å². The first kappa shape index (κ1) is 27.2. The molecule has 0 N–H and O–H groups in total. The van der Waals surface area contributed by atoms with Gasteiger partial charge in [-0.15, -0.1) is 0 Å². The van der Waals surface area contributed by atoms with Gasteiger partial charge < -0.3 is 4.57 Å². The number of hydrogen-bond acceptors (Lipinski definition) is 1. The lowest BCUT2D eigenvalue weighted by Crippen LogP contribution is -2.12. The molecule has 0 spiro atoms. The summed E-state index contributed by atoms with van der Waals surface area (Å²) >= 11 is 0. The van der Waals surface area contributed by atoms with E-state index in [1.165, 1.54) is 128 Å². The first-order chi connectivity index (χ1) is 14.7. The minimum atomic E-state index is 0.593. The van der Waals surface area contributed by atoms with Crippen LogP contribution < -0.4 is 0 Å². The molecule has 1 rings (SSSR count). The first-order valence-electron chi connectivity index (χ1n) is 13.8. The third-order valence-corrected chi connectivity index (χ3v) is 6.91. The summed E-state index contributed by atoms with van der Waals surface area (Å²) in [5.74, 6) is 1.97. The first-order valence-corrected chi connectivity index (χ1v) is 13.8. The third kappa shape index (κ3) is 12.2. The zero-order valence-corrected chi connectivity index (χ0v) is 21.1. The maximum Gasteiger partial charge on any atom is 0.111 e. The summed E-state index contributed by atoms with van der Waals surface area (Å²) in [6.07, 6.45) is 30.8. The highest BCUT2D eigenvalue weighted by molar-refractivity contribution is 5.02. The molecule has 0 amide bonds. The van der Waals surface area contributed by atoms with E-state index in [4.69, 9.17) is 4.98 Å². The van der Waals surface area contributed by atoms with Gasteiger partial charge in [0, 0.05) is 24.4 Å². The van der Waals surface area contributed by atoms with Gasteiger partial charge in [0.25, 0.3) is 0 Å². The molecule has 0 saturated carbocycles. The van der Waals surface area contributed by atoms with E-state index in [9.17, 15) is 0 Å². The molecular weight excluding hydrogens is 364 g/mol. The monoisotopic (exact) mass is 418 g/mol. The van der Waals surface area contributed by atoms with Crippen molar-refractivity contribution in [1.82, 2.24) is 9.55 Å². The van der Waals surface area contributed by atoms with Gasteiger partial charge in [0.1, 0.15) is 5.82 Å². The maximum absolute atomic E-state index is 4.74. The molecule has 2 nitrogen and oxygen atoms in total. The Balaban J connectivity index is 2.05. The Morgan fingerprint density at radius 1 is 0.667 bits per heavy atom. The van der Waals surface area contributed by atoms with Gasteiger partial charge in [-0.05, 0) is 26.2 Å². The summed E-state index contributed by atoms with van der Waals surface area (Å²) in [7, 11) is 0. The Hall–Kier alpha value is -0.790. The Bertz CT molecular complexity index is 479. The second-order valence-corrected chi connectivity index (χ2v) is 9.67. The second-order valence-electron chi connectivity index (χ2n) is 9.67. The van der Waals surface area contributed by atoms with Gasteiger partial charge in [-0.3, -0.25) is 0 Å². The number of hydrogen-bond donors (Lipinski definition) is 0. The number of unbranched alkanes of at least 4 members (excludes halogenated alkanes) is 14. The largest absolute Gasteiger partial charge is 0.332 e. The van der Waals surface area contributed by atoms with Crippen LogP contribution in [-0.4, -0.2) is 9.55 Å². The van der Waals surface area contributed by atoms with Crippen molar-refractivity contribution in [2.45, 2.75) is 162 Å². The fraction of sp³-hybridized carbons (Fsp3) is 0.893. The summed E-state index contributed by atoms with van der Waals surface area (Å²) < 4.78 is 2.48. The van der Waals surface area contributed by atoms with Crippen molar-refractivity contribution >= 4 is 0 Å². The van der Waals surface area contributed by atoms with Crippen LogP contribution in [0.1, 0.15) is 167 Å². The number of aromatic nitrogens is 2. The van der Waals surface area contributed by atoms with E-state index in [0.717, 1.165) is 0 Å². The molecule has 1 aromatic heterocycles. The number of nitrogens with zero attached hydrogens (tertiary/aromatic N) is 2. The minimum absolute atomic E-state index is 0.593. The second kappa shape index (κ2) is 18.9. The highest BCUT2D eigenvalue weighted by Gasteiger charge is 2.17. The van der Waals surface area contributed by atoms with Crippen LogP contribution in [0.3, 0.4) is 0 Å². The molecule has 0 radical (unpaired) electrons. The van der Waals surface area contributed by atoms with Crippen molar-refractivity contribution in [1.29, 1.82) is 0 Å². The lowest BCUT2D eigenvalue weighted by atomic mass is 9.97. The zero-order chi connectivity index (χ0) is 21.9. The van der Waals surface area contributed by atoms with Crippen LogP contribution in [0.5, 0.6) is 0 Å². The molecule has 1 heterocycles. The summed E-state index contributed by atoms with van der Waals surface area (Å²) in [6, 6.07) is 0.593. The summed E-state index contributed by atoms with van der Waals surface area (Å²) in [6.45, 7) is 9.29. The smallest absolute Gasteiger partial charge is 0.111 e. The molecule has 0 aliphatic rings. The SMILES string of the molecule is CCCCCCCCCCCCCCCCC(C)n1ccnc1C(CC)CCCC. The molecule has 0 aliphatic carbocycles. The van der Waals surface area contributed by atoms with Gasteiger partial charge in [-0.2, -0.15) is 0 Å². The molecule has 0 aliphatic heterocycles. The summed E-state index contributed by atoms with van der Waals surface area (Å²) in [4.78, 5) is 4.74. The molecule has 30 heavy (non-hydrogen) atoms. The molecule has 0 bridgehead atoms. The van der Waals surface area contributed by atoms with Crippen molar-refractivity contribution in [3.05, 3.63) is 18.2 Å². The Morgan fingerprint density at radius 2 is 1.17 bits per heavy atom. The predicted octanol–water partition coefficient (Wildman–Crippen LogP) is 10.00.